The monoisotopic (exact) mass is 498 g/mol. The number of hydrogen-bond donors (Lipinski definition) is 3. The lowest BCUT2D eigenvalue weighted by atomic mass is 9.94. The molecule has 4 aromatic rings. The summed E-state index contributed by atoms with van der Waals surface area (Å²) in [4.78, 5) is 22.2. The number of nitrogens with two attached hydrogens (primary N) is 1. The lowest BCUT2D eigenvalue weighted by molar-refractivity contribution is 0.341. The number of rotatable bonds is 6. The number of hydrogen-bond acceptors (Lipinski definition) is 6. The minimum atomic E-state index is -0.423. The van der Waals surface area contributed by atoms with Crippen molar-refractivity contribution >= 4 is 28.1 Å². The number of halogens is 1. The fraction of sp³-hybridized carbons (Fsp3) is 0.310. The molecule has 1 aliphatic rings. The van der Waals surface area contributed by atoms with E-state index in [1.165, 1.54) is 24.9 Å². The molecular formula is C29H31FN6O. The van der Waals surface area contributed by atoms with Crippen molar-refractivity contribution in [1.29, 1.82) is 5.41 Å². The van der Waals surface area contributed by atoms with E-state index in [2.05, 4.69) is 21.4 Å². The van der Waals surface area contributed by atoms with Crippen LogP contribution in [-0.2, 0) is 6.54 Å². The van der Waals surface area contributed by atoms with Gasteiger partial charge in [0.15, 0.2) is 0 Å². The predicted octanol–water partition coefficient (Wildman–Crippen LogP) is 5.66. The largest absolute Gasteiger partial charge is 0.383 e. The van der Waals surface area contributed by atoms with Gasteiger partial charge in [0, 0.05) is 17.3 Å². The summed E-state index contributed by atoms with van der Waals surface area (Å²) in [5, 5.41) is 13.7. The van der Waals surface area contributed by atoms with Crippen molar-refractivity contribution in [2.24, 2.45) is 0 Å². The third kappa shape index (κ3) is 4.83. The van der Waals surface area contributed by atoms with Crippen molar-refractivity contribution in [2.45, 2.75) is 58.5 Å². The molecule has 1 fully saturated rings. The molecule has 2 aromatic heterocycles. The highest BCUT2D eigenvalue weighted by molar-refractivity contribution is 6.16. The van der Waals surface area contributed by atoms with Crippen LogP contribution in [0.4, 0.5) is 16.0 Å². The maximum Gasteiger partial charge on any atom is 0.259 e. The first-order valence-electron chi connectivity index (χ1n) is 12.7. The number of pyridine rings is 1. The maximum absolute atomic E-state index is 14.1. The van der Waals surface area contributed by atoms with Gasteiger partial charge >= 0.3 is 0 Å². The molecule has 190 valence electrons. The van der Waals surface area contributed by atoms with Gasteiger partial charge in [-0.3, -0.25) is 10.2 Å². The summed E-state index contributed by atoms with van der Waals surface area (Å²) in [6, 6.07) is 12.6. The van der Waals surface area contributed by atoms with Crippen LogP contribution in [0, 0.1) is 25.1 Å². The molecule has 0 radical (unpaired) electrons. The Bertz CT molecular complexity index is 1530. The number of nitrogens with zero attached hydrogens (tertiary/aromatic N) is 3. The molecule has 1 saturated carbocycles. The summed E-state index contributed by atoms with van der Waals surface area (Å²) in [5.41, 5.74) is 9.46. The first kappa shape index (κ1) is 24.6. The summed E-state index contributed by atoms with van der Waals surface area (Å²) in [6.45, 7) is 4.06. The molecule has 0 atom stereocenters. The first-order valence-corrected chi connectivity index (χ1v) is 12.7. The standard InChI is InChI=1S/C29H31FN6O/c1-17-11-20(13-21(30)12-17)26(31)25-27(32)34-16-35-28(25)33-15-23-14-19-8-6-7-18(2)24(19)29(37)36(23)22-9-4-3-5-10-22/h6-8,11-14,16,22,31H,3-5,9-10,15H2,1-2H3,(H3,32,33,34,35). The number of aryl methyl sites for hydroxylation is 2. The van der Waals surface area contributed by atoms with Crippen molar-refractivity contribution in [2.75, 3.05) is 11.1 Å². The van der Waals surface area contributed by atoms with Gasteiger partial charge in [0.25, 0.3) is 5.56 Å². The van der Waals surface area contributed by atoms with Crippen LogP contribution in [-0.4, -0.2) is 20.2 Å². The van der Waals surface area contributed by atoms with Gasteiger partial charge in [-0.25, -0.2) is 14.4 Å². The van der Waals surface area contributed by atoms with Crippen LogP contribution in [0.3, 0.4) is 0 Å². The predicted molar refractivity (Wildman–Crippen MR) is 146 cm³/mol. The number of aromatic nitrogens is 3. The molecule has 37 heavy (non-hydrogen) atoms. The fourth-order valence-electron chi connectivity index (χ4n) is 5.46. The summed E-state index contributed by atoms with van der Waals surface area (Å²) in [6.07, 6.45) is 6.68. The van der Waals surface area contributed by atoms with Gasteiger partial charge in [0.1, 0.15) is 23.8 Å². The fourth-order valence-corrected chi connectivity index (χ4v) is 5.46. The molecule has 0 aliphatic heterocycles. The third-order valence-corrected chi connectivity index (χ3v) is 7.20. The second kappa shape index (κ2) is 10.1. The Hall–Kier alpha value is -4.07. The minimum absolute atomic E-state index is 0.0296. The zero-order valence-electron chi connectivity index (χ0n) is 21.1. The van der Waals surface area contributed by atoms with Crippen molar-refractivity contribution in [1.82, 2.24) is 14.5 Å². The van der Waals surface area contributed by atoms with Crippen molar-refractivity contribution in [3.8, 4) is 0 Å². The van der Waals surface area contributed by atoms with Gasteiger partial charge in [-0.2, -0.15) is 0 Å². The van der Waals surface area contributed by atoms with E-state index in [-0.39, 0.29) is 23.1 Å². The van der Waals surface area contributed by atoms with E-state index in [0.29, 0.717) is 29.1 Å². The van der Waals surface area contributed by atoms with Crippen molar-refractivity contribution in [3.63, 3.8) is 0 Å². The molecule has 0 spiro atoms. The average Bonchev–Trinajstić information content (AvgIpc) is 2.87. The van der Waals surface area contributed by atoms with E-state index in [4.69, 9.17) is 11.1 Å². The highest BCUT2D eigenvalue weighted by Crippen LogP contribution is 2.30. The smallest absolute Gasteiger partial charge is 0.259 e. The summed E-state index contributed by atoms with van der Waals surface area (Å²) in [7, 11) is 0. The van der Waals surface area contributed by atoms with E-state index in [0.717, 1.165) is 47.7 Å². The van der Waals surface area contributed by atoms with Crippen molar-refractivity contribution in [3.05, 3.63) is 92.9 Å². The lowest BCUT2D eigenvalue weighted by Crippen LogP contribution is -2.30. The highest BCUT2D eigenvalue weighted by atomic mass is 19.1. The lowest BCUT2D eigenvalue weighted by Gasteiger charge is -2.28. The Balaban J connectivity index is 1.55. The van der Waals surface area contributed by atoms with E-state index in [1.807, 2.05) is 29.7 Å². The van der Waals surface area contributed by atoms with E-state index in [1.54, 1.807) is 13.0 Å². The number of nitrogens with one attached hydrogen (secondary N) is 2. The van der Waals surface area contributed by atoms with Gasteiger partial charge in [-0.15, -0.1) is 0 Å². The van der Waals surface area contributed by atoms with Crippen LogP contribution in [0.15, 0.2) is 53.6 Å². The zero-order chi connectivity index (χ0) is 26.1. The molecule has 7 nitrogen and oxygen atoms in total. The molecule has 0 unspecified atom stereocenters. The first-order chi connectivity index (χ1) is 17.8. The Morgan fingerprint density at radius 2 is 1.92 bits per heavy atom. The molecule has 0 saturated heterocycles. The summed E-state index contributed by atoms with van der Waals surface area (Å²) >= 11 is 0. The quantitative estimate of drug-likeness (QED) is 0.297. The second-order valence-electron chi connectivity index (χ2n) is 9.87. The molecule has 0 bridgehead atoms. The number of fused-ring (bicyclic) bond motifs is 1. The van der Waals surface area contributed by atoms with E-state index >= 15 is 0 Å². The minimum Gasteiger partial charge on any atom is -0.383 e. The van der Waals surface area contributed by atoms with Crippen LogP contribution in [0.1, 0.15) is 66.1 Å². The van der Waals surface area contributed by atoms with Gasteiger partial charge < -0.3 is 15.6 Å². The SMILES string of the molecule is Cc1cc(F)cc(C(=N)c2c(N)ncnc2NCc2cc3cccc(C)c3c(=O)n2C2CCCCC2)c1. The Labute approximate surface area is 215 Å². The molecule has 1 aliphatic carbocycles. The van der Waals surface area contributed by atoms with Crippen LogP contribution in [0.25, 0.3) is 10.8 Å². The average molecular weight is 499 g/mol. The van der Waals surface area contributed by atoms with Crippen LogP contribution in [0.5, 0.6) is 0 Å². The van der Waals surface area contributed by atoms with Crippen molar-refractivity contribution < 1.29 is 4.39 Å². The molecule has 2 aromatic carbocycles. The van der Waals surface area contributed by atoms with Crippen LogP contribution in [0.2, 0.25) is 0 Å². The summed E-state index contributed by atoms with van der Waals surface area (Å²) in [5.74, 6) is 0.0715. The van der Waals surface area contributed by atoms with Gasteiger partial charge in [-0.1, -0.05) is 37.5 Å². The Morgan fingerprint density at radius 3 is 2.68 bits per heavy atom. The van der Waals surface area contributed by atoms with Crippen LogP contribution < -0.4 is 16.6 Å². The number of nitrogen functional groups attached to an aromatic ring is 1. The zero-order valence-corrected chi connectivity index (χ0v) is 21.1. The number of benzene rings is 2. The normalized spacial score (nSPS) is 14.1. The molecule has 2 heterocycles. The van der Waals surface area contributed by atoms with Gasteiger partial charge in [0.2, 0.25) is 0 Å². The molecular weight excluding hydrogens is 467 g/mol. The molecule has 8 heteroatoms. The van der Waals surface area contributed by atoms with E-state index in [9.17, 15) is 9.18 Å². The Kier molecular flexibility index (Phi) is 6.74. The molecule has 4 N–H and O–H groups in total. The highest BCUT2D eigenvalue weighted by Gasteiger charge is 2.22. The van der Waals surface area contributed by atoms with E-state index < -0.39 is 5.82 Å². The van der Waals surface area contributed by atoms with Gasteiger partial charge in [0.05, 0.1) is 23.2 Å². The molecule has 0 amide bonds. The van der Waals surface area contributed by atoms with Gasteiger partial charge in [-0.05, 0) is 67.5 Å². The van der Waals surface area contributed by atoms with Crippen LogP contribution >= 0.6 is 0 Å². The maximum atomic E-state index is 14.1. The summed E-state index contributed by atoms with van der Waals surface area (Å²) < 4.78 is 16.0. The topological polar surface area (TPSA) is 110 Å². The molecule has 5 rings (SSSR count). The third-order valence-electron chi connectivity index (χ3n) is 7.20. The number of anilines is 2. The second-order valence-corrected chi connectivity index (χ2v) is 9.87. The Morgan fingerprint density at radius 1 is 1.14 bits per heavy atom.